The van der Waals surface area contributed by atoms with Gasteiger partial charge in [0.2, 0.25) is 0 Å². The third kappa shape index (κ3) is 2.04. The second kappa shape index (κ2) is 4.63. The van der Waals surface area contributed by atoms with Gasteiger partial charge in [-0.1, -0.05) is 12.1 Å². The van der Waals surface area contributed by atoms with Crippen LogP contribution in [0.25, 0.3) is 27.8 Å². The van der Waals surface area contributed by atoms with Crippen LogP contribution in [0.1, 0.15) is 17.1 Å². The Morgan fingerprint density at radius 1 is 0.818 bits per heavy atom. The second-order valence-electron chi connectivity index (χ2n) is 5.68. The molecule has 1 aromatic carbocycles. The van der Waals surface area contributed by atoms with Crippen LogP contribution in [0.5, 0.6) is 0 Å². The van der Waals surface area contributed by atoms with Crippen molar-refractivity contribution in [2.24, 2.45) is 0 Å². The van der Waals surface area contributed by atoms with Crippen LogP contribution in [0.15, 0.2) is 42.7 Å². The number of pyridine rings is 1. The summed E-state index contributed by atoms with van der Waals surface area (Å²) in [6.07, 6.45) is 4.06. The zero-order chi connectivity index (χ0) is 15.3. The number of rotatable bonds is 1. The first-order valence-electron chi connectivity index (χ1n) is 7.31. The minimum absolute atomic E-state index is 0.916. The molecule has 0 atom stereocenters. The van der Waals surface area contributed by atoms with E-state index in [1.807, 2.05) is 43.6 Å². The lowest BCUT2D eigenvalue weighted by Gasteiger charge is -2.06. The van der Waals surface area contributed by atoms with Crippen LogP contribution < -0.4 is 0 Å². The van der Waals surface area contributed by atoms with Crippen molar-refractivity contribution in [1.29, 1.82) is 0 Å². The maximum absolute atomic E-state index is 4.71. The molecule has 0 radical (unpaired) electrons. The molecule has 3 heterocycles. The molecule has 4 nitrogen and oxygen atoms in total. The van der Waals surface area contributed by atoms with Crippen LogP contribution in [0, 0.1) is 20.8 Å². The molecule has 0 bridgehead atoms. The van der Waals surface area contributed by atoms with Gasteiger partial charge in [0.05, 0.1) is 22.6 Å². The van der Waals surface area contributed by atoms with E-state index in [0.717, 1.165) is 44.9 Å². The van der Waals surface area contributed by atoms with E-state index < -0.39 is 0 Å². The normalized spacial score (nSPS) is 11.4. The van der Waals surface area contributed by atoms with Gasteiger partial charge in [0.1, 0.15) is 0 Å². The molecule has 0 spiro atoms. The molecule has 0 aliphatic carbocycles. The van der Waals surface area contributed by atoms with Gasteiger partial charge in [0, 0.05) is 29.0 Å². The van der Waals surface area contributed by atoms with E-state index in [1.54, 1.807) is 0 Å². The zero-order valence-electron chi connectivity index (χ0n) is 12.8. The van der Waals surface area contributed by atoms with Crippen LogP contribution in [0.4, 0.5) is 0 Å². The predicted octanol–water partition coefficient (Wildman–Crippen LogP) is 3.87. The molecule has 0 N–H and O–H groups in total. The summed E-state index contributed by atoms with van der Waals surface area (Å²) in [7, 11) is 0. The lowest BCUT2D eigenvalue weighted by atomic mass is 10.1. The Labute approximate surface area is 128 Å². The van der Waals surface area contributed by atoms with Crippen LogP contribution in [0.2, 0.25) is 0 Å². The average Bonchev–Trinajstić information content (AvgIpc) is 2.87. The highest BCUT2D eigenvalue weighted by molar-refractivity contribution is 5.84. The lowest BCUT2D eigenvalue weighted by Crippen LogP contribution is -1.95. The Morgan fingerprint density at radius 3 is 2.55 bits per heavy atom. The van der Waals surface area contributed by atoms with Crippen molar-refractivity contribution in [3.63, 3.8) is 0 Å². The minimum atomic E-state index is 0.916. The number of benzene rings is 1. The van der Waals surface area contributed by atoms with Crippen LogP contribution in [0.3, 0.4) is 0 Å². The third-order valence-electron chi connectivity index (χ3n) is 3.85. The molecule has 0 saturated carbocycles. The maximum Gasteiger partial charge on any atom is 0.158 e. The van der Waals surface area contributed by atoms with E-state index in [-0.39, 0.29) is 0 Å². The number of hydrogen-bond acceptors (Lipinski definition) is 3. The van der Waals surface area contributed by atoms with Gasteiger partial charge < -0.3 is 4.40 Å². The number of aryl methyl sites for hydroxylation is 3. The highest BCUT2D eigenvalue weighted by Crippen LogP contribution is 2.23. The number of imidazole rings is 1. The Kier molecular flexibility index (Phi) is 2.73. The van der Waals surface area contributed by atoms with Crippen molar-refractivity contribution in [1.82, 2.24) is 19.4 Å². The first kappa shape index (κ1) is 13.0. The summed E-state index contributed by atoms with van der Waals surface area (Å²) in [5, 5.41) is 1.13. The number of fused-ring (bicyclic) bond motifs is 2. The Hall–Kier alpha value is -2.75. The summed E-state index contributed by atoms with van der Waals surface area (Å²) in [6, 6.07) is 10.4. The quantitative estimate of drug-likeness (QED) is 0.534. The van der Waals surface area contributed by atoms with Gasteiger partial charge in [-0.25, -0.2) is 9.97 Å². The van der Waals surface area contributed by atoms with Crippen molar-refractivity contribution >= 4 is 16.6 Å². The average molecular weight is 288 g/mol. The van der Waals surface area contributed by atoms with Crippen molar-refractivity contribution in [2.75, 3.05) is 0 Å². The van der Waals surface area contributed by atoms with Gasteiger partial charge in [0.15, 0.2) is 5.65 Å². The summed E-state index contributed by atoms with van der Waals surface area (Å²) in [5.74, 6) is 0. The van der Waals surface area contributed by atoms with E-state index in [2.05, 4.69) is 34.2 Å². The first-order chi connectivity index (χ1) is 10.6. The van der Waals surface area contributed by atoms with E-state index >= 15 is 0 Å². The van der Waals surface area contributed by atoms with Gasteiger partial charge in [-0.3, -0.25) is 4.98 Å². The fourth-order valence-electron chi connectivity index (χ4n) is 2.80. The topological polar surface area (TPSA) is 43.1 Å². The van der Waals surface area contributed by atoms with Crippen molar-refractivity contribution in [3.05, 3.63) is 59.8 Å². The molecular weight excluding hydrogens is 272 g/mol. The summed E-state index contributed by atoms with van der Waals surface area (Å²) in [5.41, 5.74) is 6.94. The fourth-order valence-corrected chi connectivity index (χ4v) is 2.80. The molecule has 0 aliphatic rings. The second-order valence-corrected chi connectivity index (χ2v) is 5.68. The Bertz CT molecular complexity index is 1010. The van der Waals surface area contributed by atoms with E-state index in [0.29, 0.717) is 0 Å². The largest absolute Gasteiger partial charge is 0.303 e. The number of nitrogens with zero attached hydrogens (tertiary/aromatic N) is 4. The summed E-state index contributed by atoms with van der Waals surface area (Å²) >= 11 is 0. The molecule has 3 aromatic heterocycles. The van der Waals surface area contributed by atoms with Crippen LogP contribution >= 0.6 is 0 Å². The molecule has 0 unspecified atom stereocenters. The van der Waals surface area contributed by atoms with E-state index in [1.165, 1.54) is 0 Å². The Morgan fingerprint density at radius 2 is 1.68 bits per heavy atom. The summed E-state index contributed by atoms with van der Waals surface area (Å²) in [6.45, 7) is 6.00. The standard InChI is InChI=1S/C18H16N4/c1-11-4-5-14-8-15(6-7-16(14)19-11)17-10-22-9-12(2)20-18(22)13(3)21-17/h4-10H,1-3H3. The van der Waals surface area contributed by atoms with Crippen LogP contribution in [-0.2, 0) is 0 Å². The zero-order valence-corrected chi connectivity index (χ0v) is 12.8. The molecule has 0 amide bonds. The lowest BCUT2D eigenvalue weighted by molar-refractivity contribution is 1.08. The SMILES string of the molecule is Cc1ccc2cc(-c3cn4cc(C)nc4c(C)n3)ccc2n1. The minimum Gasteiger partial charge on any atom is -0.303 e. The van der Waals surface area contributed by atoms with Crippen molar-refractivity contribution in [2.45, 2.75) is 20.8 Å². The Balaban J connectivity index is 1.92. The molecule has 4 rings (SSSR count). The van der Waals surface area contributed by atoms with Gasteiger partial charge in [-0.15, -0.1) is 0 Å². The van der Waals surface area contributed by atoms with Crippen LogP contribution in [-0.4, -0.2) is 19.4 Å². The van der Waals surface area contributed by atoms with E-state index in [4.69, 9.17) is 4.98 Å². The molecule has 0 aliphatic heterocycles. The molecular formula is C18H16N4. The predicted molar refractivity (Wildman–Crippen MR) is 87.9 cm³/mol. The summed E-state index contributed by atoms with van der Waals surface area (Å²) in [4.78, 5) is 13.7. The fraction of sp³-hybridized carbons (Fsp3) is 0.167. The van der Waals surface area contributed by atoms with Gasteiger partial charge in [-0.05, 0) is 39.0 Å². The third-order valence-corrected chi connectivity index (χ3v) is 3.85. The number of hydrogen-bond donors (Lipinski definition) is 0. The first-order valence-corrected chi connectivity index (χ1v) is 7.31. The molecule has 22 heavy (non-hydrogen) atoms. The van der Waals surface area contributed by atoms with Gasteiger partial charge in [-0.2, -0.15) is 0 Å². The highest BCUT2D eigenvalue weighted by atomic mass is 15.0. The summed E-state index contributed by atoms with van der Waals surface area (Å²) < 4.78 is 2.05. The highest BCUT2D eigenvalue weighted by Gasteiger charge is 2.08. The van der Waals surface area contributed by atoms with E-state index in [9.17, 15) is 0 Å². The molecule has 4 aromatic rings. The molecule has 108 valence electrons. The molecule has 0 saturated heterocycles. The number of aromatic nitrogens is 4. The van der Waals surface area contributed by atoms with Gasteiger partial charge in [0.25, 0.3) is 0 Å². The molecule has 4 heteroatoms. The van der Waals surface area contributed by atoms with Crippen molar-refractivity contribution in [3.8, 4) is 11.3 Å². The maximum atomic E-state index is 4.71. The monoisotopic (exact) mass is 288 g/mol. The molecule has 0 fully saturated rings. The van der Waals surface area contributed by atoms with Crippen molar-refractivity contribution < 1.29 is 0 Å². The smallest absolute Gasteiger partial charge is 0.158 e. The van der Waals surface area contributed by atoms with Gasteiger partial charge >= 0.3 is 0 Å².